The van der Waals surface area contributed by atoms with Crippen LogP contribution in [0.3, 0.4) is 0 Å². The molecule has 0 amide bonds. The number of benzene rings is 1. The molecular weight excluding hydrogens is 208 g/mol. The topological polar surface area (TPSA) is 50.7 Å². The van der Waals surface area contributed by atoms with Gasteiger partial charge in [-0.3, -0.25) is 0 Å². The monoisotopic (exact) mass is 220 g/mol. The summed E-state index contributed by atoms with van der Waals surface area (Å²) in [4.78, 5) is 0. The molecule has 0 atom stereocenters. The van der Waals surface area contributed by atoms with Crippen molar-refractivity contribution >= 4 is 22.4 Å². The smallest absolute Gasteiger partial charge is 0.229 e. The van der Waals surface area contributed by atoms with Gasteiger partial charge in [-0.15, -0.1) is 0 Å². The average molecular weight is 220 g/mol. The zero-order chi connectivity index (χ0) is 10.8. The fourth-order valence-electron chi connectivity index (χ4n) is 1.39. The van der Waals surface area contributed by atoms with Crippen LogP contribution in [0.1, 0.15) is 16.7 Å². The molecule has 0 aliphatic carbocycles. The number of nitrogens with zero attached hydrogens (tertiary/aromatic N) is 3. The summed E-state index contributed by atoms with van der Waals surface area (Å²) in [6.45, 7) is 6.33. The lowest BCUT2D eigenvalue weighted by molar-refractivity contribution is 0.961. The highest BCUT2D eigenvalue weighted by molar-refractivity contribution is 7.09. The molecule has 1 N–H and O–H groups in total. The van der Waals surface area contributed by atoms with Crippen LogP contribution in [0.25, 0.3) is 0 Å². The minimum atomic E-state index is 0.723. The fourth-order valence-corrected chi connectivity index (χ4v) is 1.77. The summed E-state index contributed by atoms with van der Waals surface area (Å²) < 4.78 is 3.71. The Bertz CT molecular complexity index is 465. The predicted octanol–water partition coefficient (Wildman–Crippen LogP) is 2.60. The van der Waals surface area contributed by atoms with Crippen molar-refractivity contribution in [3.8, 4) is 0 Å². The summed E-state index contributed by atoms with van der Waals surface area (Å²) in [5.41, 5.74) is 4.91. The number of aryl methyl sites for hydroxylation is 1. The van der Waals surface area contributed by atoms with E-state index in [2.05, 4.69) is 53.0 Å². The van der Waals surface area contributed by atoms with Gasteiger partial charge in [0.2, 0.25) is 5.13 Å². The van der Waals surface area contributed by atoms with Crippen LogP contribution in [0.2, 0.25) is 0 Å². The number of hydrogen-bond acceptors (Lipinski definition) is 5. The lowest BCUT2D eigenvalue weighted by Gasteiger charge is -2.10. The molecule has 5 heteroatoms. The Labute approximate surface area is 92.5 Å². The van der Waals surface area contributed by atoms with Crippen LogP contribution < -0.4 is 5.32 Å². The van der Waals surface area contributed by atoms with E-state index in [0.29, 0.717) is 0 Å². The van der Waals surface area contributed by atoms with Crippen molar-refractivity contribution in [2.45, 2.75) is 20.8 Å². The maximum absolute atomic E-state index is 3.85. The summed E-state index contributed by atoms with van der Waals surface area (Å²) in [6, 6.07) is 4.15. The van der Waals surface area contributed by atoms with E-state index in [9.17, 15) is 0 Å². The summed E-state index contributed by atoms with van der Waals surface area (Å²) in [5, 5.41) is 11.3. The van der Waals surface area contributed by atoms with E-state index in [4.69, 9.17) is 0 Å². The summed E-state index contributed by atoms with van der Waals surface area (Å²) >= 11 is 1.25. The van der Waals surface area contributed by atoms with Crippen LogP contribution in [0, 0.1) is 20.8 Å². The Morgan fingerprint density at radius 1 is 1.13 bits per heavy atom. The Morgan fingerprint density at radius 3 is 2.60 bits per heavy atom. The van der Waals surface area contributed by atoms with Gasteiger partial charge in [-0.25, -0.2) is 0 Å². The first-order valence-corrected chi connectivity index (χ1v) is 5.44. The van der Waals surface area contributed by atoms with Gasteiger partial charge in [-0.05, 0) is 48.7 Å². The van der Waals surface area contributed by atoms with Crippen molar-refractivity contribution in [1.29, 1.82) is 0 Å². The molecule has 4 nitrogen and oxygen atoms in total. The second-order valence-electron chi connectivity index (χ2n) is 3.47. The van der Waals surface area contributed by atoms with Gasteiger partial charge in [0.25, 0.3) is 0 Å². The molecule has 1 heterocycles. The highest BCUT2D eigenvalue weighted by Crippen LogP contribution is 2.24. The largest absolute Gasteiger partial charge is 0.329 e. The lowest BCUT2D eigenvalue weighted by Crippen LogP contribution is -1.96. The molecular formula is C10H12N4S. The Morgan fingerprint density at radius 2 is 1.93 bits per heavy atom. The molecule has 0 unspecified atom stereocenters. The molecule has 0 radical (unpaired) electrons. The van der Waals surface area contributed by atoms with Crippen LogP contribution in [0.4, 0.5) is 10.8 Å². The number of rotatable bonds is 2. The van der Waals surface area contributed by atoms with E-state index in [1.165, 1.54) is 28.2 Å². The molecule has 0 bridgehead atoms. The van der Waals surface area contributed by atoms with E-state index in [-0.39, 0.29) is 0 Å². The highest BCUT2D eigenvalue weighted by atomic mass is 32.1. The molecule has 0 saturated heterocycles. The van der Waals surface area contributed by atoms with Gasteiger partial charge >= 0.3 is 0 Å². The van der Waals surface area contributed by atoms with Gasteiger partial charge in [0, 0.05) is 17.2 Å². The van der Waals surface area contributed by atoms with Gasteiger partial charge in [-0.2, -0.15) is 0 Å². The third-order valence-electron chi connectivity index (χ3n) is 2.60. The second-order valence-corrected chi connectivity index (χ2v) is 4.21. The maximum atomic E-state index is 3.85. The lowest BCUT2D eigenvalue weighted by atomic mass is 10.0. The van der Waals surface area contributed by atoms with Crippen LogP contribution in [0.15, 0.2) is 12.1 Å². The van der Waals surface area contributed by atoms with E-state index in [1.807, 2.05) is 0 Å². The molecule has 15 heavy (non-hydrogen) atoms. The maximum Gasteiger partial charge on any atom is 0.229 e. The third-order valence-corrected chi connectivity index (χ3v) is 3.11. The first kappa shape index (κ1) is 10.0. The molecule has 0 aliphatic heterocycles. The minimum absolute atomic E-state index is 0.723. The van der Waals surface area contributed by atoms with Gasteiger partial charge in [0.05, 0.1) is 0 Å². The van der Waals surface area contributed by atoms with E-state index >= 15 is 0 Å². The van der Waals surface area contributed by atoms with Gasteiger partial charge in [0.15, 0.2) is 0 Å². The second kappa shape index (κ2) is 3.94. The van der Waals surface area contributed by atoms with Crippen LogP contribution in [-0.4, -0.2) is 14.8 Å². The van der Waals surface area contributed by atoms with Gasteiger partial charge < -0.3 is 5.32 Å². The van der Waals surface area contributed by atoms with Gasteiger partial charge in [-0.1, -0.05) is 15.7 Å². The van der Waals surface area contributed by atoms with Crippen molar-refractivity contribution in [2.24, 2.45) is 0 Å². The number of hydrogen-bond donors (Lipinski definition) is 1. The molecule has 0 saturated carbocycles. The van der Waals surface area contributed by atoms with E-state index < -0.39 is 0 Å². The molecule has 0 spiro atoms. The first-order chi connectivity index (χ1) is 7.18. The minimum Gasteiger partial charge on any atom is -0.329 e. The molecule has 1 aromatic carbocycles. The summed E-state index contributed by atoms with van der Waals surface area (Å²) in [7, 11) is 0. The Balaban J connectivity index is 2.34. The quantitative estimate of drug-likeness (QED) is 0.845. The SMILES string of the molecule is Cc1ccc(Nc2nnns2)c(C)c1C. The van der Waals surface area contributed by atoms with Crippen LogP contribution in [-0.2, 0) is 0 Å². The summed E-state index contributed by atoms with van der Waals surface area (Å²) in [5.74, 6) is 0. The average Bonchev–Trinajstić information content (AvgIpc) is 2.72. The third kappa shape index (κ3) is 1.97. The Kier molecular flexibility index (Phi) is 2.64. The Hall–Kier alpha value is -1.49. The van der Waals surface area contributed by atoms with Gasteiger partial charge in [0.1, 0.15) is 0 Å². The van der Waals surface area contributed by atoms with Crippen LogP contribution >= 0.6 is 11.5 Å². The normalized spacial score (nSPS) is 10.3. The molecule has 0 fully saturated rings. The van der Waals surface area contributed by atoms with Crippen molar-refractivity contribution in [3.63, 3.8) is 0 Å². The van der Waals surface area contributed by atoms with Crippen molar-refractivity contribution in [1.82, 2.24) is 14.8 Å². The molecule has 1 aromatic heterocycles. The summed E-state index contributed by atoms with van der Waals surface area (Å²) in [6.07, 6.45) is 0. The van der Waals surface area contributed by atoms with Crippen LogP contribution in [0.5, 0.6) is 0 Å². The van der Waals surface area contributed by atoms with E-state index in [0.717, 1.165) is 10.8 Å². The van der Waals surface area contributed by atoms with E-state index in [1.54, 1.807) is 0 Å². The van der Waals surface area contributed by atoms with Crippen molar-refractivity contribution in [2.75, 3.05) is 5.32 Å². The zero-order valence-electron chi connectivity index (χ0n) is 8.90. The molecule has 2 aromatic rings. The number of nitrogens with one attached hydrogen (secondary N) is 1. The zero-order valence-corrected chi connectivity index (χ0v) is 9.72. The van der Waals surface area contributed by atoms with Crippen molar-refractivity contribution < 1.29 is 0 Å². The molecule has 78 valence electrons. The highest BCUT2D eigenvalue weighted by Gasteiger charge is 2.05. The fraction of sp³-hybridized carbons (Fsp3) is 0.300. The number of anilines is 2. The number of aromatic nitrogens is 3. The molecule has 2 rings (SSSR count). The predicted molar refractivity (Wildman–Crippen MR) is 61.6 cm³/mol. The standard InChI is InChI=1S/C10H12N4S/c1-6-4-5-9(8(3)7(6)2)11-10-12-13-14-15-10/h4-5H,1-3H3,(H,11,12,14). The first-order valence-electron chi connectivity index (χ1n) is 4.67. The van der Waals surface area contributed by atoms with Crippen molar-refractivity contribution in [3.05, 3.63) is 28.8 Å². The molecule has 0 aliphatic rings.